The number of fused-ring (bicyclic) bond motifs is 1. The van der Waals surface area contributed by atoms with Crippen molar-refractivity contribution in [2.24, 2.45) is 5.92 Å². The third kappa shape index (κ3) is 4.96. The van der Waals surface area contributed by atoms with E-state index < -0.39 is 0 Å². The predicted octanol–water partition coefficient (Wildman–Crippen LogP) is 2.77. The summed E-state index contributed by atoms with van der Waals surface area (Å²) >= 11 is 1.26. The highest BCUT2D eigenvalue weighted by Gasteiger charge is 2.27. The molecule has 2 amide bonds. The molecule has 1 aromatic carbocycles. The fourth-order valence-electron chi connectivity index (χ4n) is 4.48. The largest absolute Gasteiger partial charge is 0.356 e. The maximum absolute atomic E-state index is 13.1. The van der Waals surface area contributed by atoms with E-state index in [1.54, 1.807) is 0 Å². The van der Waals surface area contributed by atoms with Gasteiger partial charge in [0, 0.05) is 25.3 Å². The van der Waals surface area contributed by atoms with Crippen LogP contribution in [0.2, 0.25) is 0 Å². The van der Waals surface area contributed by atoms with Gasteiger partial charge in [-0.2, -0.15) is 4.98 Å². The fourth-order valence-corrected chi connectivity index (χ4v) is 5.48. The van der Waals surface area contributed by atoms with Gasteiger partial charge in [0.05, 0.1) is 5.92 Å². The summed E-state index contributed by atoms with van der Waals surface area (Å²) in [5, 5.41) is 6.50. The minimum atomic E-state index is -0.293. The number of thiazole rings is 1. The van der Waals surface area contributed by atoms with E-state index >= 15 is 0 Å². The number of carbonyl (C=O) groups excluding carboxylic acids is 2. The summed E-state index contributed by atoms with van der Waals surface area (Å²) in [5.74, 6) is -0.328. The van der Waals surface area contributed by atoms with Crippen molar-refractivity contribution in [3.8, 4) is 0 Å². The molecule has 0 radical (unpaired) electrons. The van der Waals surface area contributed by atoms with Crippen LogP contribution in [0.1, 0.15) is 36.5 Å². The van der Waals surface area contributed by atoms with Crippen molar-refractivity contribution in [3.05, 3.63) is 45.5 Å². The second-order valence-corrected chi connectivity index (χ2v) is 9.81. The molecule has 0 aliphatic carbocycles. The third-order valence-corrected chi connectivity index (χ3v) is 7.13. The standard InChI is InChI=1S/C24H30N6O3S/c1-5-25-22(32)17-7-6-8-29(11-17)24-28-21-20(34-24)23(33)30(13-26-21)12-18(31)27-19-15(3)9-14(2)10-16(19)4/h9-10,13,17H,5-8,11-12H2,1-4H3,(H,25,32)(H,27,31). The number of hydrogen-bond donors (Lipinski definition) is 2. The maximum atomic E-state index is 13.1. The van der Waals surface area contributed by atoms with Gasteiger partial charge in [0.25, 0.3) is 5.56 Å². The van der Waals surface area contributed by atoms with Crippen molar-refractivity contribution in [3.63, 3.8) is 0 Å². The van der Waals surface area contributed by atoms with Crippen LogP contribution in [0.3, 0.4) is 0 Å². The molecule has 180 valence electrons. The Labute approximate surface area is 202 Å². The molecule has 1 aliphatic rings. The lowest BCUT2D eigenvalue weighted by molar-refractivity contribution is -0.125. The number of nitrogens with one attached hydrogen (secondary N) is 2. The van der Waals surface area contributed by atoms with Crippen LogP contribution in [0.25, 0.3) is 10.3 Å². The van der Waals surface area contributed by atoms with Crippen LogP contribution in [0, 0.1) is 26.7 Å². The van der Waals surface area contributed by atoms with Gasteiger partial charge in [-0.05, 0) is 51.7 Å². The number of carbonyl (C=O) groups is 2. The van der Waals surface area contributed by atoms with Crippen LogP contribution in [0.15, 0.2) is 23.3 Å². The number of hydrogen-bond acceptors (Lipinski definition) is 7. The van der Waals surface area contributed by atoms with Gasteiger partial charge in [0.2, 0.25) is 11.8 Å². The van der Waals surface area contributed by atoms with E-state index in [9.17, 15) is 14.4 Å². The summed E-state index contributed by atoms with van der Waals surface area (Å²) in [7, 11) is 0. The Morgan fingerprint density at radius 1 is 1.21 bits per heavy atom. The van der Waals surface area contributed by atoms with Gasteiger partial charge in [0.15, 0.2) is 10.8 Å². The smallest absolute Gasteiger partial charge is 0.273 e. The Morgan fingerprint density at radius 3 is 2.65 bits per heavy atom. The van der Waals surface area contributed by atoms with Crippen molar-refractivity contribution < 1.29 is 9.59 Å². The zero-order valence-electron chi connectivity index (χ0n) is 20.0. The number of piperidine rings is 1. The van der Waals surface area contributed by atoms with E-state index in [1.165, 1.54) is 22.2 Å². The Bertz CT molecular complexity index is 1270. The van der Waals surface area contributed by atoms with Crippen LogP contribution in [-0.2, 0) is 16.1 Å². The zero-order valence-corrected chi connectivity index (χ0v) is 20.8. The summed E-state index contributed by atoms with van der Waals surface area (Å²) < 4.78 is 1.72. The molecule has 4 rings (SSSR count). The summed E-state index contributed by atoms with van der Waals surface area (Å²) in [6.07, 6.45) is 3.09. The molecule has 0 spiro atoms. The highest BCUT2D eigenvalue weighted by molar-refractivity contribution is 7.22. The lowest BCUT2D eigenvalue weighted by Gasteiger charge is -2.31. The van der Waals surface area contributed by atoms with E-state index in [4.69, 9.17) is 0 Å². The van der Waals surface area contributed by atoms with Gasteiger partial charge in [-0.1, -0.05) is 29.0 Å². The molecule has 3 heterocycles. The second kappa shape index (κ2) is 9.92. The normalized spacial score (nSPS) is 16.0. The molecule has 0 bridgehead atoms. The average molecular weight is 483 g/mol. The van der Waals surface area contributed by atoms with E-state index in [0.717, 1.165) is 41.8 Å². The molecule has 2 aromatic heterocycles. The number of nitrogens with zero attached hydrogens (tertiary/aromatic N) is 4. The average Bonchev–Trinajstić information content (AvgIpc) is 3.24. The van der Waals surface area contributed by atoms with Crippen LogP contribution >= 0.6 is 11.3 Å². The van der Waals surface area contributed by atoms with E-state index in [1.807, 2.05) is 39.8 Å². The molecule has 1 atom stereocenters. The Kier molecular flexibility index (Phi) is 6.97. The number of anilines is 2. The number of aryl methyl sites for hydroxylation is 3. The number of benzene rings is 1. The molecule has 1 saturated heterocycles. The lowest BCUT2D eigenvalue weighted by atomic mass is 9.97. The van der Waals surface area contributed by atoms with E-state index in [2.05, 4.69) is 25.5 Å². The van der Waals surface area contributed by atoms with E-state index in [0.29, 0.717) is 28.6 Å². The highest BCUT2D eigenvalue weighted by atomic mass is 32.1. The number of rotatable bonds is 6. The van der Waals surface area contributed by atoms with Gasteiger partial charge in [-0.15, -0.1) is 0 Å². The number of amides is 2. The van der Waals surface area contributed by atoms with Crippen LogP contribution < -0.4 is 21.1 Å². The topological polar surface area (TPSA) is 109 Å². The molecule has 1 unspecified atom stereocenters. The molecule has 0 saturated carbocycles. The summed E-state index contributed by atoms with van der Waals surface area (Å²) in [6.45, 7) is 9.64. The first kappa shape index (κ1) is 23.9. The Balaban J connectivity index is 1.52. The van der Waals surface area contributed by atoms with Crippen molar-refractivity contribution >= 4 is 44.3 Å². The highest BCUT2D eigenvalue weighted by Crippen LogP contribution is 2.29. The summed E-state index contributed by atoms with van der Waals surface area (Å²) in [5.41, 5.74) is 3.93. The molecular formula is C24H30N6O3S. The minimum Gasteiger partial charge on any atom is -0.356 e. The first-order chi connectivity index (χ1) is 16.3. The van der Waals surface area contributed by atoms with Crippen molar-refractivity contribution in [2.75, 3.05) is 29.9 Å². The predicted molar refractivity (Wildman–Crippen MR) is 135 cm³/mol. The lowest BCUT2D eigenvalue weighted by Crippen LogP contribution is -2.43. The van der Waals surface area contributed by atoms with Gasteiger partial charge in [-0.25, -0.2) is 4.98 Å². The van der Waals surface area contributed by atoms with Gasteiger partial charge in [-0.3, -0.25) is 19.0 Å². The molecule has 1 fully saturated rings. The molecule has 2 N–H and O–H groups in total. The molecule has 1 aliphatic heterocycles. The van der Waals surface area contributed by atoms with Crippen LogP contribution in [-0.4, -0.2) is 46.0 Å². The third-order valence-electron chi connectivity index (χ3n) is 6.04. The van der Waals surface area contributed by atoms with Gasteiger partial charge >= 0.3 is 0 Å². The van der Waals surface area contributed by atoms with Crippen LogP contribution in [0.4, 0.5) is 10.8 Å². The molecule has 34 heavy (non-hydrogen) atoms. The Hall–Kier alpha value is -3.27. The summed E-state index contributed by atoms with van der Waals surface area (Å²) in [6, 6.07) is 4.02. The zero-order chi connectivity index (χ0) is 24.4. The molecule has 9 nitrogen and oxygen atoms in total. The number of aromatic nitrogens is 3. The quantitative estimate of drug-likeness (QED) is 0.559. The van der Waals surface area contributed by atoms with Crippen LogP contribution in [0.5, 0.6) is 0 Å². The van der Waals surface area contributed by atoms with Crippen molar-refractivity contribution in [1.82, 2.24) is 19.9 Å². The first-order valence-corrected chi connectivity index (χ1v) is 12.3. The van der Waals surface area contributed by atoms with E-state index in [-0.39, 0.29) is 29.8 Å². The Morgan fingerprint density at radius 2 is 1.94 bits per heavy atom. The molecular weight excluding hydrogens is 452 g/mol. The van der Waals surface area contributed by atoms with Crippen molar-refractivity contribution in [1.29, 1.82) is 0 Å². The first-order valence-electron chi connectivity index (χ1n) is 11.5. The second-order valence-electron chi connectivity index (χ2n) is 8.83. The molecule has 3 aromatic rings. The van der Waals surface area contributed by atoms with Gasteiger partial charge in [0.1, 0.15) is 17.6 Å². The minimum absolute atomic E-state index is 0.0545. The monoisotopic (exact) mass is 482 g/mol. The van der Waals surface area contributed by atoms with Gasteiger partial charge < -0.3 is 15.5 Å². The molecule has 10 heteroatoms. The SMILES string of the molecule is CCNC(=O)C1CCCN(c2nc3ncn(CC(=O)Nc4c(C)cc(C)cc4C)c(=O)c3s2)C1. The maximum Gasteiger partial charge on any atom is 0.273 e. The van der Waals surface area contributed by atoms with Crippen molar-refractivity contribution in [2.45, 2.75) is 47.1 Å². The fraction of sp³-hybridized carbons (Fsp3) is 0.458. The summed E-state index contributed by atoms with van der Waals surface area (Å²) in [4.78, 5) is 49.0.